The van der Waals surface area contributed by atoms with Gasteiger partial charge in [-0.05, 0) is 32.6 Å². The van der Waals surface area contributed by atoms with Crippen LogP contribution in [0.5, 0.6) is 0 Å². The average molecular weight is 506 g/mol. The lowest BCUT2D eigenvalue weighted by molar-refractivity contribution is 0.197. The van der Waals surface area contributed by atoms with Gasteiger partial charge in [0, 0.05) is 55.5 Å². The van der Waals surface area contributed by atoms with E-state index in [1.165, 1.54) is 49.5 Å². The smallest absolute Gasteiger partial charge is 0.191 e. The van der Waals surface area contributed by atoms with E-state index in [2.05, 4.69) is 48.6 Å². The zero-order valence-electron chi connectivity index (χ0n) is 17.3. The predicted octanol–water partition coefficient (Wildman–Crippen LogP) is 3.78. The summed E-state index contributed by atoms with van der Waals surface area (Å²) in [6.45, 7) is 12.9. The van der Waals surface area contributed by atoms with Gasteiger partial charge in [0.1, 0.15) is 0 Å². The molecule has 5 nitrogen and oxygen atoms in total. The van der Waals surface area contributed by atoms with Crippen molar-refractivity contribution in [2.75, 3.05) is 26.2 Å². The van der Waals surface area contributed by atoms with Crippen LogP contribution in [0.4, 0.5) is 0 Å². The first kappa shape index (κ1) is 22.9. The highest BCUT2D eigenvalue weighted by atomic mass is 127. The molecule has 1 saturated heterocycles. The Morgan fingerprint density at radius 1 is 1.26 bits per heavy atom. The number of nitrogens with one attached hydrogen (secondary N) is 2. The SMILES string of the molecule is CCNC(=NCCc1nc(C(C)(C)C)cs1)NC1CCN(C2CC2)CC1.I. The molecule has 1 aliphatic carbocycles. The lowest BCUT2D eigenvalue weighted by atomic mass is 9.93. The molecule has 154 valence electrons. The second-order valence-electron chi connectivity index (χ2n) is 8.57. The van der Waals surface area contributed by atoms with E-state index < -0.39 is 0 Å². The molecule has 0 aromatic carbocycles. The number of rotatable bonds is 6. The molecule has 1 saturated carbocycles. The van der Waals surface area contributed by atoms with Gasteiger partial charge < -0.3 is 15.5 Å². The Labute approximate surface area is 185 Å². The maximum atomic E-state index is 4.79. The number of hydrogen-bond acceptors (Lipinski definition) is 4. The number of thiazole rings is 1. The molecule has 0 amide bonds. The minimum atomic E-state index is 0. The fourth-order valence-electron chi connectivity index (χ4n) is 3.40. The molecule has 1 aromatic rings. The van der Waals surface area contributed by atoms with Crippen LogP contribution in [-0.4, -0.2) is 54.1 Å². The van der Waals surface area contributed by atoms with Gasteiger partial charge in [-0.1, -0.05) is 20.8 Å². The molecule has 2 heterocycles. The molecule has 0 radical (unpaired) electrons. The highest BCUT2D eigenvalue weighted by Gasteiger charge is 2.31. The van der Waals surface area contributed by atoms with Crippen molar-refractivity contribution in [3.63, 3.8) is 0 Å². The fraction of sp³-hybridized carbons (Fsp3) is 0.800. The van der Waals surface area contributed by atoms with Gasteiger partial charge in [0.15, 0.2) is 5.96 Å². The van der Waals surface area contributed by atoms with Crippen LogP contribution in [0.1, 0.15) is 64.1 Å². The predicted molar refractivity (Wildman–Crippen MR) is 127 cm³/mol. The Balaban J connectivity index is 0.00000261. The zero-order valence-corrected chi connectivity index (χ0v) is 20.4. The van der Waals surface area contributed by atoms with Gasteiger partial charge in [0.05, 0.1) is 10.7 Å². The van der Waals surface area contributed by atoms with Crippen molar-refractivity contribution in [3.05, 3.63) is 16.1 Å². The summed E-state index contributed by atoms with van der Waals surface area (Å²) in [6, 6.07) is 1.45. The first-order chi connectivity index (χ1) is 12.5. The summed E-state index contributed by atoms with van der Waals surface area (Å²) in [5, 5.41) is 10.4. The summed E-state index contributed by atoms with van der Waals surface area (Å²) in [5.41, 5.74) is 1.32. The Morgan fingerprint density at radius 3 is 2.52 bits per heavy atom. The number of aromatic nitrogens is 1. The monoisotopic (exact) mass is 505 g/mol. The van der Waals surface area contributed by atoms with E-state index in [9.17, 15) is 0 Å². The third-order valence-electron chi connectivity index (χ3n) is 5.19. The van der Waals surface area contributed by atoms with E-state index >= 15 is 0 Å². The number of nitrogens with zero attached hydrogens (tertiary/aromatic N) is 3. The van der Waals surface area contributed by atoms with Gasteiger partial charge >= 0.3 is 0 Å². The van der Waals surface area contributed by atoms with Crippen molar-refractivity contribution < 1.29 is 0 Å². The Hall–Kier alpha value is -0.410. The largest absolute Gasteiger partial charge is 0.357 e. The summed E-state index contributed by atoms with van der Waals surface area (Å²) in [7, 11) is 0. The normalized spacial score (nSPS) is 19.6. The van der Waals surface area contributed by atoms with E-state index in [0.717, 1.165) is 31.5 Å². The second kappa shape index (κ2) is 10.4. The van der Waals surface area contributed by atoms with Crippen LogP contribution in [-0.2, 0) is 11.8 Å². The molecule has 0 spiro atoms. The van der Waals surface area contributed by atoms with Gasteiger partial charge in [-0.3, -0.25) is 4.99 Å². The van der Waals surface area contributed by atoms with Crippen molar-refractivity contribution in [2.45, 2.75) is 77.3 Å². The summed E-state index contributed by atoms with van der Waals surface area (Å²) in [4.78, 5) is 12.2. The molecule has 1 aliphatic heterocycles. The number of piperidine rings is 1. The Morgan fingerprint density at radius 2 is 1.96 bits per heavy atom. The van der Waals surface area contributed by atoms with E-state index in [4.69, 9.17) is 9.98 Å². The van der Waals surface area contributed by atoms with Crippen molar-refractivity contribution in [2.24, 2.45) is 4.99 Å². The summed E-state index contributed by atoms with van der Waals surface area (Å²) >= 11 is 1.76. The third kappa shape index (κ3) is 7.16. The van der Waals surface area contributed by atoms with Crippen LogP contribution in [0.25, 0.3) is 0 Å². The molecular formula is C20H36IN5S. The van der Waals surface area contributed by atoms with E-state index in [-0.39, 0.29) is 29.4 Å². The zero-order chi connectivity index (χ0) is 18.6. The van der Waals surface area contributed by atoms with Gasteiger partial charge in [-0.2, -0.15) is 0 Å². The molecule has 0 bridgehead atoms. The van der Waals surface area contributed by atoms with Crippen LogP contribution >= 0.6 is 35.3 Å². The minimum absolute atomic E-state index is 0. The Bertz CT molecular complexity index is 598. The molecule has 0 atom stereocenters. The van der Waals surface area contributed by atoms with Crippen LogP contribution in [0, 0.1) is 0 Å². The first-order valence-corrected chi connectivity index (χ1v) is 11.1. The van der Waals surface area contributed by atoms with Crippen molar-refractivity contribution in [3.8, 4) is 0 Å². The molecule has 27 heavy (non-hydrogen) atoms. The molecule has 2 aliphatic rings. The van der Waals surface area contributed by atoms with Crippen molar-refractivity contribution >= 4 is 41.3 Å². The van der Waals surface area contributed by atoms with Gasteiger partial charge in [-0.15, -0.1) is 35.3 Å². The molecule has 0 unspecified atom stereocenters. The highest BCUT2D eigenvalue weighted by Crippen LogP contribution is 2.29. The van der Waals surface area contributed by atoms with E-state index in [1.807, 2.05) is 0 Å². The van der Waals surface area contributed by atoms with Gasteiger partial charge in [0.2, 0.25) is 0 Å². The third-order valence-corrected chi connectivity index (χ3v) is 6.10. The molecule has 2 fully saturated rings. The lowest BCUT2D eigenvalue weighted by Crippen LogP contribution is -2.49. The summed E-state index contributed by atoms with van der Waals surface area (Å²) in [6.07, 6.45) is 6.19. The number of hydrogen-bond donors (Lipinski definition) is 2. The summed E-state index contributed by atoms with van der Waals surface area (Å²) in [5.74, 6) is 0.963. The number of likely N-dealkylation sites (tertiary alicyclic amines) is 1. The average Bonchev–Trinajstić information content (AvgIpc) is 3.33. The quantitative estimate of drug-likeness (QED) is 0.351. The van der Waals surface area contributed by atoms with Crippen LogP contribution in [0.15, 0.2) is 10.4 Å². The minimum Gasteiger partial charge on any atom is -0.357 e. The number of aliphatic imine (C=N–C) groups is 1. The van der Waals surface area contributed by atoms with Crippen LogP contribution in [0.3, 0.4) is 0 Å². The maximum Gasteiger partial charge on any atom is 0.191 e. The van der Waals surface area contributed by atoms with Crippen molar-refractivity contribution in [1.29, 1.82) is 0 Å². The fourth-order valence-corrected chi connectivity index (χ4v) is 4.41. The molecule has 2 N–H and O–H groups in total. The van der Waals surface area contributed by atoms with Gasteiger partial charge in [-0.25, -0.2) is 4.98 Å². The second-order valence-corrected chi connectivity index (χ2v) is 9.52. The molecule has 7 heteroatoms. The lowest BCUT2D eigenvalue weighted by Gasteiger charge is -2.33. The van der Waals surface area contributed by atoms with E-state index in [0.29, 0.717) is 6.04 Å². The molecule has 3 rings (SSSR count). The summed E-state index contributed by atoms with van der Waals surface area (Å²) < 4.78 is 0. The van der Waals surface area contributed by atoms with E-state index in [1.54, 1.807) is 11.3 Å². The highest BCUT2D eigenvalue weighted by molar-refractivity contribution is 14.0. The van der Waals surface area contributed by atoms with Crippen LogP contribution in [0.2, 0.25) is 0 Å². The standard InChI is InChI=1S/C20H35N5S.HI/c1-5-21-19(23-15-9-12-25(13-10-15)16-6-7-16)22-11-8-18-24-17(14-26-18)20(2,3)4;/h14-16H,5-13H2,1-4H3,(H2,21,22,23);1H. The molecular weight excluding hydrogens is 469 g/mol. The topological polar surface area (TPSA) is 52.6 Å². The van der Waals surface area contributed by atoms with Gasteiger partial charge in [0.25, 0.3) is 0 Å². The first-order valence-electron chi connectivity index (χ1n) is 10.2. The van der Waals surface area contributed by atoms with Crippen LogP contribution < -0.4 is 10.6 Å². The van der Waals surface area contributed by atoms with Crippen molar-refractivity contribution in [1.82, 2.24) is 20.5 Å². The molecule has 1 aromatic heterocycles. The maximum absolute atomic E-state index is 4.79. The number of halogens is 1. The Kier molecular flexibility index (Phi) is 8.80. The number of guanidine groups is 1.